The molecule has 0 aromatic rings. The number of hydrogen-bond acceptors (Lipinski definition) is 22. The van der Waals surface area contributed by atoms with E-state index < -0.39 is 165 Å². The number of aliphatic carboxylic acids is 3. The Kier molecular flexibility index (Phi) is 22.9. The molecule has 3 aliphatic heterocycles. The fraction of sp³-hybridized carbons (Fsp3) is 0.900. The average Bonchev–Trinajstić information content (AvgIpc) is 3.09. The predicted molar refractivity (Wildman–Crippen MR) is 154 cm³/mol. The Morgan fingerprint density at radius 1 is 0.600 bits per heavy atom. The van der Waals surface area contributed by atoms with E-state index in [1.54, 1.807) is 0 Å². The third kappa shape index (κ3) is 12.0. The largest absolute Gasteiger partial charge is 1.00 e. The molecule has 3 aliphatic rings. The second-order valence-electron chi connectivity index (χ2n) is 13.7. The average molecular weight is 829 g/mol. The van der Waals surface area contributed by atoms with Crippen molar-refractivity contribution in [1.82, 2.24) is 0 Å². The Morgan fingerprint density at radius 2 is 0.927 bits per heavy atom. The Morgan fingerprint density at radius 3 is 1.24 bits per heavy atom. The van der Waals surface area contributed by atoms with Crippen LogP contribution in [0.2, 0.25) is 0 Å². The maximum Gasteiger partial charge on any atom is 1.00 e. The minimum Gasteiger partial charge on any atom is -0.544 e. The van der Waals surface area contributed by atoms with Gasteiger partial charge in [-0.15, -0.1) is 0 Å². The zero-order valence-electron chi connectivity index (χ0n) is 31.3. The van der Waals surface area contributed by atoms with E-state index in [0.717, 1.165) is 0 Å². The van der Waals surface area contributed by atoms with Crippen molar-refractivity contribution in [1.29, 1.82) is 0 Å². The van der Waals surface area contributed by atoms with E-state index in [0.29, 0.717) is 0 Å². The summed E-state index contributed by atoms with van der Waals surface area (Å²) in [7, 11) is 0. The van der Waals surface area contributed by atoms with Gasteiger partial charge in [0.05, 0.1) is 56.4 Å². The predicted octanol–water partition coefficient (Wildman–Crippen LogP) is -19.1. The van der Waals surface area contributed by atoms with Gasteiger partial charge in [0.2, 0.25) is 17.4 Å². The summed E-state index contributed by atoms with van der Waals surface area (Å²) in [5, 5.41) is 151. The number of carboxylic acid groups (broad SMARTS) is 3. The number of ether oxygens (including phenoxy) is 5. The summed E-state index contributed by atoms with van der Waals surface area (Å²) in [6.45, 7) is 0.238. The topological polar surface area (TPSA) is 389 Å². The van der Waals surface area contributed by atoms with E-state index in [1.807, 2.05) is 0 Å². The van der Waals surface area contributed by atoms with Gasteiger partial charge in [0.25, 0.3) is 0 Å². The van der Waals surface area contributed by atoms with E-state index in [1.165, 1.54) is 20.8 Å². The van der Waals surface area contributed by atoms with Crippen LogP contribution in [-0.4, -0.2) is 185 Å². The van der Waals surface area contributed by atoms with Crippen molar-refractivity contribution in [2.45, 2.75) is 131 Å². The van der Waals surface area contributed by atoms with Gasteiger partial charge in [-0.1, -0.05) is 20.8 Å². The van der Waals surface area contributed by atoms with Crippen molar-refractivity contribution < 1.29 is 198 Å². The van der Waals surface area contributed by atoms with Crippen LogP contribution in [0.1, 0.15) is 40.0 Å². The molecule has 0 aromatic heterocycles. The van der Waals surface area contributed by atoms with E-state index in [2.05, 4.69) is 0 Å². The zero-order chi connectivity index (χ0) is 39.7. The van der Waals surface area contributed by atoms with Gasteiger partial charge in [-0.2, -0.15) is 0 Å². The van der Waals surface area contributed by atoms with E-state index in [4.69, 9.17) is 23.7 Å². The number of carbonyl (C=O) groups excluding carboxylic acids is 3. The summed E-state index contributed by atoms with van der Waals surface area (Å²) in [6, 6.07) is 0. The molecule has 0 aromatic carbocycles. The molecule has 55 heavy (non-hydrogen) atoms. The Hall–Kier alpha value is 0.770. The fourth-order valence-electron chi connectivity index (χ4n) is 6.63. The Balaban J connectivity index is 0.00000972. The van der Waals surface area contributed by atoms with Crippen molar-refractivity contribution in [3.05, 3.63) is 0 Å². The van der Waals surface area contributed by atoms with E-state index in [9.17, 15) is 85.9 Å². The van der Waals surface area contributed by atoms with Crippen LogP contribution in [0.15, 0.2) is 0 Å². The summed E-state index contributed by atoms with van der Waals surface area (Å²) in [5.74, 6) is -19.6. The molecular formula is C30H47Na3O22. The first-order chi connectivity index (χ1) is 24.0. The van der Waals surface area contributed by atoms with Crippen molar-refractivity contribution in [2.75, 3.05) is 19.8 Å². The molecule has 22 nitrogen and oxygen atoms in total. The van der Waals surface area contributed by atoms with Crippen LogP contribution in [0.5, 0.6) is 0 Å². The first-order valence-electron chi connectivity index (χ1n) is 16.4. The second kappa shape index (κ2) is 22.6. The molecule has 18 atom stereocenters. The van der Waals surface area contributed by atoms with Crippen molar-refractivity contribution in [3.8, 4) is 0 Å². The van der Waals surface area contributed by atoms with Gasteiger partial charge >= 0.3 is 88.7 Å². The number of aliphatic hydroxyl groups excluding tert-OH is 10. The molecule has 4 unspecified atom stereocenters. The van der Waals surface area contributed by atoms with Crippen molar-refractivity contribution in [3.63, 3.8) is 0 Å². The van der Waals surface area contributed by atoms with Crippen LogP contribution in [0, 0.1) is 17.8 Å². The summed E-state index contributed by atoms with van der Waals surface area (Å²) >= 11 is 0. The third-order valence-electron chi connectivity index (χ3n) is 10.1. The maximum atomic E-state index is 12.6. The van der Waals surface area contributed by atoms with E-state index >= 15 is 0 Å². The molecule has 3 fully saturated rings. The zero-order valence-corrected chi connectivity index (χ0v) is 37.3. The van der Waals surface area contributed by atoms with Crippen molar-refractivity contribution in [2.24, 2.45) is 17.8 Å². The van der Waals surface area contributed by atoms with Crippen LogP contribution in [0.25, 0.3) is 0 Å². The van der Waals surface area contributed by atoms with E-state index in [-0.39, 0.29) is 88.7 Å². The maximum absolute atomic E-state index is 12.6. The molecule has 3 saturated heterocycles. The number of carboxylic acids is 3. The summed E-state index contributed by atoms with van der Waals surface area (Å²) < 4.78 is 27.0. The first kappa shape index (κ1) is 55.8. The fourth-order valence-corrected chi connectivity index (χ4v) is 6.63. The van der Waals surface area contributed by atoms with Gasteiger partial charge in [0.1, 0.15) is 54.5 Å². The van der Waals surface area contributed by atoms with Crippen molar-refractivity contribution >= 4 is 17.9 Å². The standard InChI is InChI=1S/C30H50O22.3Na/c1-10-13(34)4-28(47,25(41)42)50-23(10)20(39)17(8-32)48-30(27(45)46)6-15(36)12(3)24(52-30)21(40)18(9-33)49-29(26(43)44)5-14(35)11(2)22(51-29)19(38)16(37)7-31;;;/h10-24,31-40,47H,4-9H2,1-3H3,(H,41,42)(H,43,44)(H,45,46);;;/q;3*+1/p-3/t10-,11-,12-,13-,14-,15-,16-,17-,18?,19-,20-,21-,22?,23?,24?,28-,29-,30-;;;/m1.../s1. The monoisotopic (exact) mass is 828 g/mol. The molecule has 0 saturated carbocycles. The quantitative estimate of drug-likeness (QED) is 0.0643. The molecule has 0 spiro atoms. The number of aliphatic hydroxyl groups is 11. The smallest absolute Gasteiger partial charge is 0.544 e. The summed E-state index contributed by atoms with van der Waals surface area (Å²) in [6.07, 6.45) is -26.2. The summed E-state index contributed by atoms with van der Waals surface area (Å²) in [4.78, 5) is 36.5. The molecule has 11 N–H and O–H groups in total. The first-order valence-corrected chi connectivity index (χ1v) is 16.4. The molecule has 0 amide bonds. The van der Waals surface area contributed by atoms with Crippen LogP contribution < -0.4 is 104 Å². The van der Waals surface area contributed by atoms with Crippen LogP contribution in [0.4, 0.5) is 0 Å². The molecule has 3 rings (SSSR count). The minimum atomic E-state index is -3.18. The number of rotatable bonds is 16. The minimum absolute atomic E-state index is 0. The Labute approximate surface area is 381 Å². The molecular weight excluding hydrogens is 781 g/mol. The molecule has 0 radical (unpaired) electrons. The Bertz CT molecular complexity index is 1260. The summed E-state index contributed by atoms with van der Waals surface area (Å²) in [5.41, 5.74) is 0. The van der Waals surface area contributed by atoms with Crippen LogP contribution >= 0.6 is 0 Å². The second-order valence-corrected chi connectivity index (χ2v) is 13.7. The van der Waals surface area contributed by atoms with Gasteiger partial charge in [-0.25, -0.2) is 0 Å². The van der Waals surface area contributed by atoms with Crippen LogP contribution in [-0.2, 0) is 38.1 Å². The molecule has 3 heterocycles. The number of carbonyl (C=O) groups is 3. The van der Waals surface area contributed by atoms with Gasteiger partial charge in [-0.05, 0) is 0 Å². The third-order valence-corrected chi connectivity index (χ3v) is 10.1. The van der Waals surface area contributed by atoms with Gasteiger partial charge in [0.15, 0.2) is 0 Å². The molecule has 0 bridgehead atoms. The normalized spacial score (nSPS) is 39.7. The molecule has 0 aliphatic carbocycles. The van der Waals surface area contributed by atoms with Gasteiger partial charge in [0, 0.05) is 37.0 Å². The van der Waals surface area contributed by atoms with Gasteiger partial charge < -0.3 is 110 Å². The SMILES string of the molecule is C[C@H]1C([C@H](O)C(CO)O[C@]2(C(=O)[O-])C[C@@H](O)[C@@H](C)C([C@H](O)[C@H](O)CO)O2)O[C@@](O[C@H](CO)[C@@H](O)C2O[C@@](O)(C(=O)[O-])C[C@@H](O)[C@H]2C)(C(=O)[O-])C[C@H]1O.[Na+].[Na+].[Na+]. The number of hydrogen-bond donors (Lipinski definition) is 11. The van der Waals surface area contributed by atoms with Crippen LogP contribution in [0.3, 0.4) is 0 Å². The molecule has 302 valence electrons. The van der Waals surface area contributed by atoms with Gasteiger partial charge in [-0.3, -0.25) is 0 Å². The molecule has 25 heteroatoms.